The van der Waals surface area contributed by atoms with Gasteiger partial charge in [0.1, 0.15) is 11.3 Å². The highest BCUT2D eigenvalue weighted by atomic mass is 16.7. The Labute approximate surface area is 106 Å². The van der Waals surface area contributed by atoms with E-state index in [9.17, 15) is 9.90 Å². The summed E-state index contributed by atoms with van der Waals surface area (Å²) in [6, 6.07) is 4.89. The van der Waals surface area contributed by atoms with Crippen LogP contribution >= 0.6 is 0 Å². The molecule has 4 nitrogen and oxygen atoms in total. The van der Waals surface area contributed by atoms with Crippen molar-refractivity contribution in [1.29, 1.82) is 0 Å². The van der Waals surface area contributed by atoms with Crippen LogP contribution in [0.15, 0.2) is 18.2 Å². The summed E-state index contributed by atoms with van der Waals surface area (Å²) in [7, 11) is 0. The van der Waals surface area contributed by atoms with Crippen molar-refractivity contribution in [2.24, 2.45) is 0 Å². The summed E-state index contributed by atoms with van der Waals surface area (Å²) in [4.78, 5) is 11.8. The molecule has 0 radical (unpaired) electrons. The largest absolute Gasteiger partial charge is 0.452 e. The topological polar surface area (TPSA) is 55.8 Å². The first-order valence-corrected chi connectivity index (χ1v) is 5.61. The van der Waals surface area contributed by atoms with Crippen LogP contribution in [0.5, 0.6) is 5.75 Å². The summed E-state index contributed by atoms with van der Waals surface area (Å²) in [6.07, 6.45) is 4.55. The highest BCUT2D eigenvalue weighted by Crippen LogP contribution is 2.33. The van der Waals surface area contributed by atoms with Gasteiger partial charge >= 0.3 is 5.97 Å². The summed E-state index contributed by atoms with van der Waals surface area (Å²) in [6.45, 7) is 3.32. The molecule has 0 bridgehead atoms. The van der Waals surface area contributed by atoms with Crippen molar-refractivity contribution in [2.75, 3.05) is 0 Å². The summed E-state index contributed by atoms with van der Waals surface area (Å²) < 4.78 is 10.6. The Morgan fingerprint density at radius 3 is 2.83 bits per heavy atom. The molecule has 0 saturated heterocycles. The van der Waals surface area contributed by atoms with Gasteiger partial charge in [-0.2, -0.15) is 0 Å². The lowest BCUT2D eigenvalue weighted by molar-refractivity contribution is -0.127. The van der Waals surface area contributed by atoms with Crippen molar-refractivity contribution in [3.8, 4) is 18.1 Å². The summed E-state index contributed by atoms with van der Waals surface area (Å²) in [5.41, 5.74) is 0.884. The fourth-order valence-corrected chi connectivity index (χ4v) is 1.80. The number of esters is 1. The Morgan fingerprint density at radius 2 is 2.17 bits per heavy atom. The van der Waals surface area contributed by atoms with Gasteiger partial charge in [-0.3, -0.25) is 0 Å². The number of aliphatic hydroxyl groups is 1. The van der Waals surface area contributed by atoms with E-state index >= 15 is 0 Å². The van der Waals surface area contributed by atoms with Crippen LogP contribution in [0.4, 0.5) is 0 Å². The van der Waals surface area contributed by atoms with Crippen LogP contribution in [-0.4, -0.2) is 16.9 Å². The lowest BCUT2D eigenvalue weighted by Crippen LogP contribution is -2.38. The average molecular weight is 246 g/mol. The SMILES string of the molecule is C#CCC(O)c1ccc2c(c1)C(=O)OC(C)(C)O2. The first-order chi connectivity index (χ1) is 8.43. The number of carbonyl (C=O) groups is 1. The monoisotopic (exact) mass is 246 g/mol. The van der Waals surface area contributed by atoms with E-state index in [0.29, 0.717) is 16.9 Å². The molecule has 4 heteroatoms. The molecule has 0 amide bonds. The molecule has 94 valence electrons. The quantitative estimate of drug-likeness (QED) is 0.640. The minimum Gasteiger partial charge on any atom is -0.452 e. The van der Waals surface area contributed by atoms with Crippen LogP contribution < -0.4 is 4.74 Å². The zero-order valence-electron chi connectivity index (χ0n) is 10.3. The first-order valence-electron chi connectivity index (χ1n) is 5.61. The molecule has 0 aliphatic carbocycles. The highest BCUT2D eigenvalue weighted by molar-refractivity contribution is 5.93. The predicted octanol–water partition coefficient (Wildman–Crippen LogP) is 2.03. The van der Waals surface area contributed by atoms with Crippen molar-refractivity contribution < 1.29 is 19.4 Å². The normalized spacial score (nSPS) is 18.0. The lowest BCUT2D eigenvalue weighted by atomic mass is 10.0. The number of rotatable bonds is 2. The molecule has 1 atom stereocenters. The fraction of sp³-hybridized carbons (Fsp3) is 0.357. The van der Waals surface area contributed by atoms with E-state index in [1.54, 1.807) is 32.0 Å². The molecular weight excluding hydrogens is 232 g/mol. The molecule has 1 heterocycles. The van der Waals surface area contributed by atoms with Crippen molar-refractivity contribution >= 4 is 5.97 Å². The van der Waals surface area contributed by atoms with Gasteiger partial charge in [-0.25, -0.2) is 4.79 Å². The van der Waals surface area contributed by atoms with Crippen LogP contribution in [0.1, 0.15) is 42.3 Å². The molecule has 0 saturated carbocycles. The third kappa shape index (κ3) is 2.31. The summed E-state index contributed by atoms with van der Waals surface area (Å²) in [5, 5.41) is 9.78. The van der Waals surface area contributed by atoms with Crippen LogP contribution in [0.3, 0.4) is 0 Å². The number of ether oxygens (including phenoxy) is 2. The van der Waals surface area contributed by atoms with E-state index < -0.39 is 17.9 Å². The Hall–Kier alpha value is -1.99. The number of terminal acetylenes is 1. The predicted molar refractivity (Wildman–Crippen MR) is 65.0 cm³/mol. The second-order valence-electron chi connectivity index (χ2n) is 4.57. The number of fused-ring (bicyclic) bond motifs is 1. The van der Waals surface area contributed by atoms with E-state index in [-0.39, 0.29) is 6.42 Å². The van der Waals surface area contributed by atoms with Crippen molar-refractivity contribution in [3.63, 3.8) is 0 Å². The standard InChI is InChI=1S/C14H14O4/c1-4-5-11(15)9-6-7-12-10(8-9)13(16)18-14(2,3)17-12/h1,6-8,11,15H,5H2,2-3H3. The van der Waals surface area contributed by atoms with E-state index in [4.69, 9.17) is 15.9 Å². The van der Waals surface area contributed by atoms with Gasteiger partial charge in [-0.15, -0.1) is 12.3 Å². The molecule has 1 unspecified atom stereocenters. The Bertz CT molecular complexity index is 525. The van der Waals surface area contributed by atoms with E-state index in [2.05, 4.69) is 5.92 Å². The molecular formula is C14H14O4. The number of benzene rings is 1. The zero-order chi connectivity index (χ0) is 13.3. The zero-order valence-corrected chi connectivity index (χ0v) is 10.3. The number of aliphatic hydroxyl groups excluding tert-OH is 1. The maximum Gasteiger partial charge on any atom is 0.345 e. The van der Waals surface area contributed by atoms with Crippen molar-refractivity contribution in [3.05, 3.63) is 29.3 Å². The molecule has 2 rings (SSSR count). The third-order valence-electron chi connectivity index (χ3n) is 2.61. The van der Waals surface area contributed by atoms with Crippen molar-refractivity contribution in [1.82, 2.24) is 0 Å². The van der Waals surface area contributed by atoms with Crippen molar-refractivity contribution in [2.45, 2.75) is 32.2 Å². The smallest absolute Gasteiger partial charge is 0.345 e. The highest BCUT2D eigenvalue weighted by Gasteiger charge is 2.34. The maximum atomic E-state index is 11.8. The summed E-state index contributed by atoms with van der Waals surface area (Å²) in [5.74, 6) is 1.39. The molecule has 1 aliphatic rings. The van der Waals surface area contributed by atoms with Gasteiger partial charge in [0.15, 0.2) is 0 Å². The van der Waals surface area contributed by atoms with Gasteiger partial charge in [0.05, 0.1) is 6.10 Å². The molecule has 18 heavy (non-hydrogen) atoms. The van der Waals surface area contributed by atoms with Gasteiger partial charge in [0, 0.05) is 20.3 Å². The van der Waals surface area contributed by atoms with Crippen LogP contribution in [0.2, 0.25) is 0 Å². The van der Waals surface area contributed by atoms with Crippen LogP contribution in [-0.2, 0) is 4.74 Å². The average Bonchev–Trinajstić information content (AvgIpc) is 2.27. The Morgan fingerprint density at radius 1 is 1.44 bits per heavy atom. The molecule has 1 N–H and O–H groups in total. The number of hydrogen-bond donors (Lipinski definition) is 1. The Balaban J connectivity index is 2.37. The fourth-order valence-electron chi connectivity index (χ4n) is 1.80. The van der Waals surface area contributed by atoms with Gasteiger partial charge in [-0.05, 0) is 17.7 Å². The minimum absolute atomic E-state index is 0.195. The third-order valence-corrected chi connectivity index (χ3v) is 2.61. The second-order valence-corrected chi connectivity index (χ2v) is 4.57. The molecule has 0 fully saturated rings. The van der Waals surface area contributed by atoms with Gasteiger partial charge in [-0.1, -0.05) is 6.07 Å². The van der Waals surface area contributed by atoms with Gasteiger partial charge in [0.2, 0.25) is 5.79 Å². The van der Waals surface area contributed by atoms with E-state index in [1.807, 2.05) is 0 Å². The van der Waals surface area contributed by atoms with E-state index in [1.165, 1.54) is 0 Å². The number of carbonyl (C=O) groups excluding carboxylic acids is 1. The van der Waals surface area contributed by atoms with E-state index in [0.717, 1.165) is 0 Å². The maximum absolute atomic E-state index is 11.8. The van der Waals surface area contributed by atoms with Gasteiger partial charge in [0.25, 0.3) is 0 Å². The minimum atomic E-state index is -0.969. The Kier molecular flexibility index (Phi) is 3.02. The number of cyclic esters (lactones) is 1. The molecule has 1 aliphatic heterocycles. The molecule has 1 aromatic carbocycles. The molecule has 0 spiro atoms. The summed E-state index contributed by atoms with van der Waals surface area (Å²) >= 11 is 0. The van der Waals surface area contributed by atoms with Gasteiger partial charge < -0.3 is 14.6 Å². The molecule has 1 aromatic rings. The lowest BCUT2D eigenvalue weighted by Gasteiger charge is -2.31. The molecule has 0 aromatic heterocycles. The number of hydrogen-bond acceptors (Lipinski definition) is 4. The second kappa shape index (κ2) is 4.35. The van der Waals surface area contributed by atoms with Crippen LogP contribution in [0.25, 0.3) is 0 Å². The first kappa shape index (κ1) is 12.5. The van der Waals surface area contributed by atoms with Crippen LogP contribution in [0, 0.1) is 12.3 Å².